The van der Waals surface area contributed by atoms with Crippen molar-refractivity contribution >= 4 is 21.0 Å². The number of hydrogen-bond acceptors (Lipinski definition) is 5. The summed E-state index contributed by atoms with van der Waals surface area (Å²) in [6.45, 7) is 0.520. The molecular formula is C19H20N2O4S. The smallest absolute Gasteiger partial charge is 0.336 e. The Morgan fingerprint density at radius 2 is 1.77 bits per heavy atom. The van der Waals surface area contributed by atoms with Gasteiger partial charge in [0.1, 0.15) is 5.58 Å². The molecule has 0 amide bonds. The van der Waals surface area contributed by atoms with Crippen LogP contribution in [-0.2, 0) is 10.0 Å². The second-order valence-electron chi connectivity index (χ2n) is 6.30. The summed E-state index contributed by atoms with van der Waals surface area (Å²) >= 11 is 0. The number of nitrogens with zero attached hydrogens (tertiary/aromatic N) is 1. The van der Waals surface area contributed by atoms with Gasteiger partial charge in [-0.1, -0.05) is 30.3 Å². The van der Waals surface area contributed by atoms with Gasteiger partial charge in [-0.25, -0.2) is 17.9 Å². The lowest BCUT2D eigenvalue weighted by atomic mass is 10.1. The van der Waals surface area contributed by atoms with Crippen LogP contribution >= 0.6 is 0 Å². The van der Waals surface area contributed by atoms with Crippen LogP contribution in [0.15, 0.2) is 74.8 Å². The van der Waals surface area contributed by atoms with Gasteiger partial charge in [-0.3, -0.25) is 0 Å². The zero-order valence-corrected chi connectivity index (χ0v) is 15.4. The van der Waals surface area contributed by atoms with Crippen LogP contribution in [0.25, 0.3) is 11.0 Å². The summed E-state index contributed by atoms with van der Waals surface area (Å²) in [4.78, 5) is 13.3. The monoisotopic (exact) mass is 372 g/mol. The maximum Gasteiger partial charge on any atom is 0.336 e. The molecule has 7 heteroatoms. The highest BCUT2D eigenvalue weighted by Crippen LogP contribution is 2.21. The van der Waals surface area contributed by atoms with Gasteiger partial charge in [0.2, 0.25) is 10.0 Å². The van der Waals surface area contributed by atoms with Crippen LogP contribution in [0.1, 0.15) is 11.6 Å². The predicted molar refractivity (Wildman–Crippen MR) is 101 cm³/mol. The van der Waals surface area contributed by atoms with E-state index >= 15 is 0 Å². The number of rotatable bonds is 6. The Labute approximate surface area is 152 Å². The lowest BCUT2D eigenvalue weighted by Crippen LogP contribution is -2.35. The van der Waals surface area contributed by atoms with E-state index in [0.717, 1.165) is 5.56 Å². The first-order valence-electron chi connectivity index (χ1n) is 8.11. The number of nitrogens with one attached hydrogen (secondary N) is 1. The van der Waals surface area contributed by atoms with E-state index in [1.807, 2.05) is 49.3 Å². The predicted octanol–water partition coefficient (Wildman–Crippen LogP) is 2.37. The van der Waals surface area contributed by atoms with Gasteiger partial charge in [0.25, 0.3) is 0 Å². The van der Waals surface area contributed by atoms with Gasteiger partial charge in [-0.05, 0) is 43.9 Å². The maximum absolute atomic E-state index is 12.9. The Morgan fingerprint density at radius 1 is 1.04 bits per heavy atom. The summed E-state index contributed by atoms with van der Waals surface area (Å²) in [5, 5.41) is 0.552. The van der Waals surface area contributed by atoms with Crippen molar-refractivity contribution in [3.63, 3.8) is 0 Å². The normalized spacial score (nSPS) is 13.2. The topological polar surface area (TPSA) is 79.6 Å². The molecule has 3 rings (SSSR count). The molecule has 0 radical (unpaired) electrons. The van der Waals surface area contributed by atoms with E-state index < -0.39 is 15.6 Å². The molecule has 0 aliphatic carbocycles. The number of benzene rings is 2. The van der Waals surface area contributed by atoms with Gasteiger partial charge in [0, 0.05) is 18.0 Å². The van der Waals surface area contributed by atoms with Crippen molar-refractivity contribution in [2.75, 3.05) is 20.6 Å². The first kappa shape index (κ1) is 18.3. The minimum atomic E-state index is -3.75. The van der Waals surface area contributed by atoms with Crippen LogP contribution in [0.5, 0.6) is 0 Å². The van der Waals surface area contributed by atoms with Crippen molar-refractivity contribution in [1.82, 2.24) is 9.62 Å². The number of hydrogen-bond donors (Lipinski definition) is 1. The summed E-state index contributed by atoms with van der Waals surface area (Å²) in [5.41, 5.74) is 0.766. The van der Waals surface area contributed by atoms with Gasteiger partial charge in [0.05, 0.1) is 10.9 Å². The Kier molecular flexibility index (Phi) is 5.22. The molecule has 0 spiro atoms. The van der Waals surface area contributed by atoms with E-state index in [0.29, 0.717) is 17.5 Å². The second kappa shape index (κ2) is 7.41. The van der Waals surface area contributed by atoms with Crippen LogP contribution in [0.4, 0.5) is 0 Å². The third-order valence-corrected chi connectivity index (χ3v) is 5.42. The fourth-order valence-corrected chi connectivity index (χ4v) is 3.98. The molecule has 0 bridgehead atoms. The van der Waals surface area contributed by atoms with E-state index in [4.69, 9.17) is 4.42 Å². The van der Waals surface area contributed by atoms with E-state index in [1.54, 1.807) is 6.07 Å². The summed E-state index contributed by atoms with van der Waals surface area (Å²) in [6.07, 6.45) is 0. The van der Waals surface area contributed by atoms with Crippen LogP contribution in [0.2, 0.25) is 0 Å². The summed E-state index contributed by atoms with van der Waals surface area (Å²) in [5.74, 6) is 0. The molecule has 0 fully saturated rings. The maximum atomic E-state index is 12.9. The number of fused-ring (bicyclic) bond motifs is 1. The van der Waals surface area contributed by atoms with Crippen LogP contribution in [-0.4, -0.2) is 34.0 Å². The van der Waals surface area contributed by atoms with Crippen molar-refractivity contribution in [2.24, 2.45) is 0 Å². The third kappa shape index (κ3) is 4.19. The molecule has 0 aliphatic rings. The standard InChI is InChI=1S/C19H20N2O4S/c1-21(2)13-17(14-6-4-3-5-7-14)20-26(23,24)16-9-10-18-15(12-16)8-11-19(22)25-18/h3-12,17,20H,13H2,1-2H3. The van der Waals surface area contributed by atoms with E-state index in [1.165, 1.54) is 24.3 Å². The molecule has 3 aromatic rings. The molecule has 26 heavy (non-hydrogen) atoms. The molecule has 1 N–H and O–H groups in total. The Hall–Kier alpha value is -2.48. The largest absolute Gasteiger partial charge is 0.423 e. The van der Waals surface area contributed by atoms with Gasteiger partial charge in [0.15, 0.2) is 0 Å². The lowest BCUT2D eigenvalue weighted by Gasteiger charge is -2.22. The van der Waals surface area contributed by atoms with Crippen LogP contribution < -0.4 is 10.3 Å². The Morgan fingerprint density at radius 3 is 2.46 bits per heavy atom. The van der Waals surface area contributed by atoms with Crippen molar-refractivity contribution < 1.29 is 12.8 Å². The van der Waals surface area contributed by atoms with E-state index in [-0.39, 0.29) is 10.9 Å². The molecule has 0 saturated heterocycles. The first-order chi connectivity index (χ1) is 12.3. The highest BCUT2D eigenvalue weighted by molar-refractivity contribution is 7.89. The quantitative estimate of drug-likeness (QED) is 0.672. The van der Waals surface area contributed by atoms with E-state index in [9.17, 15) is 13.2 Å². The third-order valence-electron chi connectivity index (χ3n) is 3.95. The van der Waals surface area contributed by atoms with Crippen LogP contribution in [0.3, 0.4) is 0 Å². The van der Waals surface area contributed by atoms with Gasteiger partial charge in [-0.15, -0.1) is 0 Å². The van der Waals surface area contributed by atoms with Gasteiger partial charge in [-0.2, -0.15) is 0 Å². The molecule has 136 valence electrons. The SMILES string of the molecule is CN(C)CC(NS(=O)(=O)c1ccc2oc(=O)ccc2c1)c1ccccc1. The lowest BCUT2D eigenvalue weighted by molar-refractivity contribution is 0.363. The highest BCUT2D eigenvalue weighted by Gasteiger charge is 2.22. The zero-order chi connectivity index (χ0) is 18.7. The molecule has 1 unspecified atom stereocenters. The molecule has 0 aliphatic heterocycles. The molecule has 1 aromatic heterocycles. The minimum absolute atomic E-state index is 0.124. The molecule has 1 heterocycles. The molecule has 1 atom stereocenters. The first-order valence-corrected chi connectivity index (χ1v) is 9.59. The minimum Gasteiger partial charge on any atom is -0.423 e. The average Bonchev–Trinajstić information content (AvgIpc) is 2.61. The fraction of sp³-hybridized carbons (Fsp3) is 0.211. The number of sulfonamides is 1. The molecule has 6 nitrogen and oxygen atoms in total. The Balaban J connectivity index is 1.95. The molecule has 0 saturated carbocycles. The van der Waals surface area contributed by atoms with Gasteiger partial charge < -0.3 is 9.32 Å². The molecular weight excluding hydrogens is 352 g/mol. The second-order valence-corrected chi connectivity index (χ2v) is 8.01. The van der Waals surface area contributed by atoms with E-state index in [2.05, 4.69) is 4.72 Å². The van der Waals surface area contributed by atoms with Crippen LogP contribution in [0, 0.1) is 0 Å². The van der Waals surface area contributed by atoms with Crippen molar-refractivity contribution in [2.45, 2.75) is 10.9 Å². The van der Waals surface area contributed by atoms with Crippen molar-refractivity contribution in [1.29, 1.82) is 0 Å². The fourth-order valence-electron chi connectivity index (χ4n) is 2.73. The highest BCUT2D eigenvalue weighted by atomic mass is 32.2. The molecule has 2 aromatic carbocycles. The average molecular weight is 372 g/mol. The summed E-state index contributed by atoms with van der Waals surface area (Å²) in [6, 6.07) is 16.3. The summed E-state index contributed by atoms with van der Waals surface area (Å²) < 4.78 is 33.6. The van der Waals surface area contributed by atoms with Crippen molar-refractivity contribution in [3.8, 4) is 0 Å². The van der Waals surface area contributed by atoms with Crippen molar-refractivity contribution in [3.05, 3.63) is 76.6 Å². The van der Waals surface area contributed by atoms with Gasteiger partial charge >= 0.3 is 5.63 Å². The zero-order valence-electron chi connectivity index (χ0n) is 14.5. The summed E-state index contributed by atoms with van der Waals surface area (Å²) in [7, 11) is 0.0310. The Bertz CT molecular complexity index is 1060. The number of likely N-dealkylation sites (N-methyl/N-ethyl adjacent to an activating group) is 1.